The molecule has 9 heteroatoms. The number of nitrogens with one attached hydrogen (secondary N) is 1. The number of carbonyl (C=O) groups excluding carboxylic acids is 1. The average molecular weight is 463 g/mol. The summed E-state index contributed by atoms with van der Waals surface area (Å²) in [6.45, 7) is 0.468. The van der Waals surface area contributed by atoms with Crippen molar-refractivity contribution in [3.8, 4) is 11.4 Å². The van der Waals surface area contributed by atoms with E-state index in [1.165, 1.54) is 6.07 Å². The zero-order valence-electron chi connectivity index (χ0n) is 15.2. The van der Waals surface area contributed by atoms with E-state index in [1.54, 1.807) is 4.90 Å². The van der Waals surface area contributed by atoms with E-state index in [0.717, 1.165) is 35.0 Å². The van der Waals surface area contributed by atoms with Crippen molar-refractivity contribution in [2.45, 2.75) is 25.3 Å². The van der Waals surface area contributed by atoms with Gasteiger partial charge in [0.1, 0.15) is 17.7 Å². The molecular weight excluding hydrogens is 446 g/mol. The number of anilines is 1. The second kappa shape index (κ2) is 8.28. The van der Waals surface area contributed by atoms with Crippen LogP contribution in [-0.2, 0) is 0 Å². The Balaban J connectivity index is 1.54. The Morgan fingerprint density at radius 2 is 1.97 bits per heavy atom. The van der Waals surface area contributed by atoms with Gasteiger partial charge in [0.25, 0.3) is 0 Å². The number of nitrogens with zero attached hydrogens (tertiary/aromatic N) is 3. The van der Waals surface area contributed by atoms with Crippen LogP contribution in [-0.4, -0.2) is 27.6 Å². The van der Waals surface area contributed by atoms with Crippen LogP contribution in [0.25, 0.3) is 11.4 Å². The molecule has 0 saturated carbocycles. The van der Waals surface area contributed by atoms with Gasteiger partial charge in [0.05, 0.1) is 5.69 Å². The van der Waals surface area contributed by atoms with E-state index in [1.807, 2.05) is 24.3 Å². The van der Waals surface area contributed by atoms with Crippen LogP contribution in [0.15, 0.2) is 51.5 Å². The highest BCUT2D eigenvalue weighted by atomic mass is 79.9. The number of aromatic nitrogens is 2. The van der Waals surface area contributed by atoms with Crippen molar-refractivity contribution in [1.29, 1.82) is 0 Å². The standard InChI is InChI=1S/C20H17BrF2N4O2/c21-13-6-4-12(5-7-13)18-25-19(29-26-18)17-3-1-2-10-27(17)20(28)24-16-9-8-14(22)11-15(16)23/h4-9,11,17H,1-3,10H2,(H,24,28). The number of hydrogen-bond acceptors (Lipinski definition) is 4. The van der Waals surface area contributed by atoms with Crippen molar-refractivity contribution >= 4 is 27.6 Å². The van der Waals surface area contributed by atoms with Gasteiger partial charge in [-0.05, 0) is 55.7 Å². The topological polar surface area (TPSA) is 71.3 Å². The molecule has 0 aliphatic carbocycles. The summed E-state index contributed by atoms with van der Waals surface area (Å²) < 4.78 is 33.4. The molecule has 29 heavy (non-hydrogen) atoms. The highest BCUT2D eigenvalue weighted by Crippen LogP contribution is 2.32. The van der Waals surface area contributed by atoms with Crippen LogP contribution in [0.2, 0.25) is 0 Å². The average Bonchev–Trinajstić information content (AvgIpc) is 3.20. The van der Waals surface area contributed by atoms with Crippen LogP contribution in [0.1, 0.15) is 31.2 Å². The van der Waals surface area contributed by atoms with Gasteiger partial charge in [-0.2, -0.15) is 4.98 Å². The van der Waals surface area contributed by atoms with Gasteiger partial charge in [0, 0.05) is 22.6 Å². The summed E-state index contributed by atoms with van der Waals surface area (Å²) in [6.07, 6.45) is 2.36. The molecule has 3 aromatic rings. The lowest BCUT2D eigenvalue weighted by atomic mass is 10.0. The highest BCUT2D eigenvalue weighted by Gasteiger charge is 2.32. The lowest BCUT2D eigenvalue weighted by molar-refractivity contribution is 0.142. The van der Waals surface area contributed by atoms with Crippen molar-refractivity contribution in [3.63, 3.8) is 0 Å². The quantitative estimate of drug-likeness (QED) is 0.554. The number of urea groups is 1. The Morgan fingerprint density at radius 3 is 2.72 bits per heavy atom. The molecule has 1 fully saturated rings. The first-order valence-electron chi connectivity index (χ1n) is 9.13. The lowest BCUT2D eigenvalue weighted by Gasteiger charge is -2.33. The molecule has 2 aromatic carbocycles. The van der Waals surface area contributed by atoms with E-state index in [0.29, 0.717) is 24.7 Å². The molecule has 150 valence electrons. The van der Waals surface area contributed by atoms with Gasteiger partial charge in [-0.25, -0.2) is 13.6 Å². The Morgan fingerprint density at radius 1 is 1.17 bits per heavy atom. The number of likely N-dealkylation sites (tertiary alicyclic amines) is 1. The van der Waals surface area contributed by atoms with E-state index >= 15 is 0 Å². The molecule has 6 nitrogen and oxygen atoms in total. The molecule has 1 atom stereocenters. The molecule has 4 rings (SSSR count). The maximum absolute atomic E-state index is 13.9. The van der Waals surface area contributed by atoms with Crippen molar-refractivity contribution in [3.05, 3.63) is 64.5 Å². The third-order valence-corrected chi connectivity index (χ3v) is 5.29. The van der Waals surface area contributed by atoms with Crippen LogP contribution in [0.4, 0.5) is 19.3 Å². The van der Waals surface area contributed by atoms with E-state index in [2.05, 4.69) is 31.4 Å². The van der Waals surface area contributed by atoms with Gasteiger partial charge in [-0.1, -0.05) is 21.1 Å². The molecule has 1 unspecified atom stereocenters. The smallest absolute Gasteiger partial charge is 0.322 e. The molecule has 2 amide bonds. The van der Waals surface area contributed by atoms with E-state index in [4.69, 9.17) is 4.52 Å². The van der Waals surface area contributed by atoms with Gasteiger partial charge < -0.3 is 14.7 Å². The third-order valence-electron chi connectivity index (χ3n) is 4.77. The Kier molecular flexibility index (Phi) is 5.57. The van der Waals surface area contributed by atoms with Gasteiger partial charge >= 0.3 is 6.03 Å². The predicted octanol–water partition coefficient (Wildman–Crippen LogP) is 5.54. The second-order valence-electron chi connectivity index (χ2n) is 6.72. The van der Waals surface area contributed by atoms with Crippen molar-refractivity contribution in [1.82, 2.24) is 15.0 Å². The minimum Gasteiger partial charge on any atom is -0.337 e. The number of halogens is 3. The van der Waals surface area contributed by atoms with Gasteiger partial charge in [-0.15, -0.1) is 0 Å². The van der Waals surface area contributed by atoms with E-state index in [9.17, 15) is 13.6 Å². The lowest BCUT2D eigenvalue weighted by Crippen LogP contribution is -2.41. The normalized spacial score (nSPS) is 16.7. The summed E-state index contributed by atoms with van der Waals surface area (Å²) in [5.74, 6) is -0.773. The SMILES string of the molecule is O=C(Nc1ccc(F)cc1F)N1CCCCC1c1nc(-c2ccc(Br)cc2)no1. The Labute approximate surface area is 174 Å². The molecule has 1 aliphatic heterocycles. The first-order chi connectivity index (χ1) is 14.0. The van der Waals surface area contributed by atoms with E-state index in [-0.39, 0.29) is 5.69 Å². The molecule has 0 spiro atoms. The van der Waals surface area contributed by atoms with E-state index < -0.39 is 23.7 Å². The molecule has 1 aromatic heterocycles. The summed E-state index contributed by atoms with van der Waals surface area (Å²) in [5.41, 5.74) is 0.713. The fraction of sp³-hybridized carbons (Fsp3) is 0.250. The molecule has 2 heterocycles. The molecule has 1 aliphatic rings. The van der Waals surface area contributed by atoms with Crippen molar-refractivity contribution < 1.29 is 18.1 Å². The number of carbonyl (C=O) groups is 1. The van der Waals surface area contributed by atoms with Crippen LogP contribution >= 0.6 is 15.9 Å². The van der Waals surface area contributed by atoms with Gasteiger partial charge in [0.2, 0.25) is 11.7 Å². The number of amides is 2. The van der Waals surface area contributed by atoms with Gasteiger partial charge in [0.15, 0.2) is 0 Å². The summed E-state index contributed by atoms with van der Waals surface area (Å²) in [7, 11) is 0. The Bertz CT molecular complexity index is 1030. The zero-order valence-corrected chi connectivity index (χ0v) is 16.8. The highest BCUT2D eigenvalue weighted by molar-refractivity contribution is 9.10. The maximum Gasteiger partial charge on any atom is 0.322 e. The molecule has 0 bridgehead atoms. The number of piperidine rings is 1. The number of benzene rings is 2. The van der Waals surface area contributed by atoms with Crippen molar-refractivity contribution in [2.75, 3.05) is 11.9 Å². The van der Waals surface area contributed by atoms with Crippen molar-refractivity contribution in [2.24, 2.45) is 0 Å². The molecular formula is C20H17BrF2N4O2. The summed E-state index contributed by atoms with van der Waals surface area (Å²) in [5, 5.41) is 6.53. The second-order valence-corrected chi connectivity index (χ2v) is 7.64. The first-order valence-corrected chi connectivity index (χ1v) is 9.93. The third kappa shape index (κ3) is 4.29. The minimum absolute atomic E-state index is 0.0817. The first kappa shape index (κ1) is 19.5. The number of hydrogen-bond donors (Lipinski definition) is 1. The largest absolute Gasteiger partial charge is 0.337 e. The predicted molar refractivity (Wildman–Crippen MR) is 106 cm³/mol. The van der Waals surface area contributed by atoms with Crippen LogP contribution in [0.3, 0.4) is 0 Å². The summed E-state index contributed by atoms with van der Waals surface area (Å²) >= 11 is 3.38. The van der Waals surface area contributed by atoms with Gasteiger partial charge in [-0.3, -0.25) is 0 Å². The molecule has 1 N–H and O–H groups in total. The van der Waals surface area contributed by atoms with Crippen LogP contribution < -0.4 is 5.32 Å². The molecule has 1 saturated heterocycles. The maximum atomic E-state index is 13.9. The fourth-order valence-electron chi connectivity index (χ4n) is 3.30. The monoisotopic (exact) mass is 462 g/mol. The summed E-state index contributed by atoms with van der Waals surface area (Å²) in [6, 6.07) is 9.59. The van der Waals surface area contributed by atoms with Crippen LogP contribution in [0, 0.1) is 11.6 Å². The summed E-state index contributed by atoms with van der Waals surface area (Å²) in [4.78, 5) is 18.8. The number of rotatable bonds is 3. The zero-order chi connectivity index (χ0) is 20.4. The Hall–Kier alpha value is -2.81. The fourth-order valence-corrected chi connectivity index (χ4v) is 3.56. The minimum atomic E-state index is -0.831. The molecule has 0 radical (unpaired) electrons. The van der Waals surface area contributed by atoms with Crippen LogP contribution in [0.5, 0.6) is 0 Å².